The van der Waals surface area contributed by atoms with E-state index < -0.39 is 6.04 Å². The van der Waals surface area contributed by atoms with Gasteiger partial charge in [-0.2, -0.15) is 0 Å². The second-order valence-electron chi connectivity index (χ2n) is 4.03. The van der Waals surface area contributed by atoms with Gasteiger partial charge < -0.3 is 25.3 Å². The maximum Gasteiger partial charge on any atom is 0.243 e. The number of carbonyl (C=O) groups is 1. The second-order valence-corrected chi connectivity index (χ2v) is 4.43. The molecule has 1 unspecified atom stereocenters. The van der Waals surface area contributed by atoms with Crippen molar-refractivity contribution in [1.29, 1.82) is 0 Å². The lowest BCUT2D eigenvalue weighted by Gasteiger charge is -2.20. The first-order chi connectivity index (χ1) is 9.11. The first-order valence-electron chi connectivity index (χ1n) is 5.76. The third-order valence-corrected chi connectivity index (χ3v) is 2.89. The van der Waals surface area contributed by atoms with E-state index in [9.17, 15) is 4.79 Å². The van der Waals surface area contributed by atoms with Crippen LogP contribution < -0.4 is 20.5 Å². The number of amides is 1. The molecule has 2 rings (SSSR count). The van der Waals surface area contributed by atoms with Crippen LogP contribution in [-0.2, 0) is 9.53 Å². The third-order valence-electron chi connectivity index (χ3n) is 2.57. The fourth-order valence-corrected chi connectivity index (χ4v) is 1.84. The highest BCUT2D eigenvalue weighted by atomic mass is 35.5. The molecule has 7 heteroatoms. The third kappa shape index (κ3) is 3.28. The normalized spacial score (nSPS) is 14.9. The maximum atomic E-state index is 11.8. The Bertz CT molecular complexity index is 481. The van der Waals surface area contributed by atoms with E-state index in [4.69, 9.17) is 31.5 Å². The quantitative estimate of drug-likeness (QED) is 0.863. The average Bonchev–Trinajstić information content (AvgIpc) is 2.39. The van der Waals surface area contributed by atoms with Gasteiger partial charge in [0.05, 0.1) is 17.3 Å². The fraction of sp³-hybridized carbons (Fsp3) is 0.417. The zero-order chi connectivity index (χ0) is 13.8. The monoisotopic (exact) mass is 286 g/mol. The van der Waals surface area contributed by atoms with Crippen molar-refractivity contribution in [3.63, 3.8) is 0 Å². The number of nitrogens with one attached hydrogen (secondary N) is 1. The zero-order valence-electron chi connectivity index (χ0n) is 10.4. The molecule has 0 saturated carbocycles. The molecule has 0 aromatic heterocycles. The lowest BCUT2D eigenvalue weighted by molar-refractivity contribution is -0.118. The van der Waals surface area contributed by atoms with Crippen LogP contribution in [0.5, 0.6) is 11.5 Å². The Balaban J connectivity index is 2.14. The molecule has 1 atom stereocenters. The van der Waals surface area contributed by atoms with Gasteiger partial charge in [0.15, 0.2) is 11.5 Å². The lowest BCUT2D eigenvalue weighted by Crippen LogP contribution is -2.39. The maximum absolute atomic E-state index is 11.8. The van der Waals surface area contributed by atoms with Crippen LogP contribution in [-0.4, -0.2) is 38.9 Å². The van der Waals surface area contributed by atoms with Crippen LogP contribution in [0.2, 0.25) is 5.02 Å². The first kappa shape index (κ1) is 13.9. The van der Waals surface area contributed by atoms with Gasteiger partial charge in [-0.25, -0.2) is 0 Å². The van der Waals surface area contributed by atoms with Gasteiger partial charge in [0.1, 0.15) is 19.3 Å². The van der Waals surface area contributed by atoms with E-state index in [-0.39, 0.29) is 12.5 Å². The second kappa shape index (κ2) is 6.10. The summed E-state index contributed by atoms with van der Waals surface area (Å²) in [5.74, 6) is 0.738. The van der Waals surface area contributed by atoms with Crippen LogP contribution in [0, 0.1) is 0 Å². The average molecular weight is 287 g/mol. The summed E-state index contributed by atoms with van der Waals surface area (Å²) in [4.78, 5) is 11.8. The highest BCUT2D eigenvalue weighted by Gasteiger charge is 2.18. The van der Waals surface area contributed by atoms with Gasteiger partial charge in [-0.3, -0.25) is 4.79 Å². The van der Waals surface area contributed by atoms with E-state index in [0.717, 1.165) is 0 Å². The smallest absolute Gasteiger partial charge is 0.243 e. The number of rotatable bonds is 4. The minimum absolute atomic E-state index is 0.133. The number of benzene rings is 1. The van der Waals surface area contributed by atoms with Crippen molar-refractivity contribution < 1.29 is 19.0 Å². The largest absolute Gasteiger partial charge is 0.486 e. The van der Waals surface area contributed by atoms with E-state index in [1.165, 1.54) is 7.11 Å². The van der Waals surface area contributed by atoms with Crippen molar-refractivity contribution in [2.24, 2.45) is 5.73 Å². The van der Waals surface area contributed by atoms with Gasteiger partial charge in [-0.15, -0.1) is 0 Å². The summed E-state index contributed by atoms with van der Waals surface area (Å²) in [5.41, 5.74) is 6.06. The number of ether oxygens (including phenoxy) is 3. The van der Waals surface area contributed by atoms with Gasteiger partial charge in [-0.1, -0.05) is 11.6 Å². The SMILES string of the molecule is COCC(N)C(=O)Nc1cc2c(cc1Cl)OCCO2. The van der Waals surface area contributed by atoms with E-state index in [1.54, 1.807) is 12.1 Å². The molecular weight excluding hydrogens is 272 g/mol. The van der Waals surface area contributed by atoms with E-state index >= 15 is 0 Å². The van der Waals surface area contributed by atoms with Crippen LogP contribution in [0.1, 0.15) is 0 Å². The van der Waals surface area contributed by atoms with Crippen LogP contribution in [0.4, 0.5) is 5.69 Å². The summed E-state index contributed by atoms with van der Waals surface area (Å²) in [7, 11) is 1.48. The number of methoxy groups -OCH3 is 1. The van der Waals surface area contributed by atoms with Crippen LogP contribution in [0.25, 0.3) is 0 Å². The Kier molecular flexibility index (Phi) is 4.47. The van der Waals surface area contributed by atoms with Gasteiger partial charge >= 0.3 is 0 Å². The van der Waals surface area contributed by atoms with Crippen molar-refractivity contribution in [1.82, 2.24) is 0 Å². The molecule has 0 fully saturated rings. The predicted octanol–water partition coefficient (Wildman–Crippen LogP) is 1.02. The summed E-state index contributed by atoms with van der Waals surface area (Å²) in [5, 5.41) is 3.00. The molecule has 0 saturated heterocycles. The Morgan fingerprint density at radius 1 is 1.47 bits per heavy atom. The molecule has 1 heterocycles. The molecule has 1 aliphatic heterocycles. The van der Waals surface area contributed by atoms with E-state index in [1.807, 2.05) is 0 Å². The van der Waals surface area contributed by atoms with E-state index in [2.05, 4.69) is 5.32 Å². The number of nitrogens with two attached hydrogens (primary N) is 1. The Labute approximate surface area is 115 Å². The minimum Gasteiger partial charge on any atom is -0.486 e. The Morgan fingerprint density at radius 3 is 2.74 bits per heavy atom. The Morgan fingerprint density at radius 2 is 2.11 bits per heavy atom. The molecular formula is C12H15ClN2O4. The number of halogens is 1. The van der Waals surface area contributed by atoms with Gasteiger partial charge in [-0.05, 0) is 0 Å². The minimum atomic E-state index is -0.755. The number of fused-ring (bicyclic) bond motifs is 1. The molecule has 0 aliphatic carbocycles. The zero-order valence-corrected chi connectivity index (χ0v) is 11.2. The molecule has 3 N–H and O–H groups in total. The summed E-state index contributed by atoms with van der Waals surface area (Å²) in [6.45, 7) is 1.08. The number of hydrogen-bond acceptors (Lipinski definition) is 5. The topological polar surface area (TPSA) is 82.8 Å². The number of anilines is 1. The molecule has 6 nitrogen and oxygen atoms in total. The number of hydrogen-bond donors (Lipinski definition) is 2. The molecule has 0 bridgehead atoms. The number of carbonyl (C=O) groups excluding carboxylic acids is 1. The van der Waals surface area contributed by atoms with Crippen molar-refractivity contribution in [3.05, 3.63) is 17.2 Å². The predicted molar refractivity (Wildman–Crippen MR) is 70.9 cm³/mol. The van der Waals surface area contributed by atoms with E-state index in [0.29, 0.717) is 35.4 Å². The fourth-order valence-electron chi connectivity index (χ4n) is 1.64. The van der Waals surface area contributed by atoms with Crippen molar-refractivity contribution in [3.8, 4) is 11.5 Å². The molecule has 1 amide bonds. The summed E-state index contributed by atoms with van der Waals surface area (Å²) < 4.78 is 15.6. The van der Waals surface area contributed by atoms with Gasteiger partial charge in [0, 0.05) is 19.2 Å². The lowest BCUT2D eigenvalue weighted by atomic mass is 10.2. The molecule has 1 aromatic rings. The summed E-state index contributed by atoms with van der Waals surface area (Å²) in [6.07, 6.45) is 0. The molecule has 0 radical (unpaired) electrons. The molecule has 0 spiro atoms. The van der Waals surface area contributed by atoms with Crippen LogP contribution >= 0.6 is 11.6 Å². The highest BCUT2D eigenvalue weighted by molar-refractivity contribution is 6.34. The summed E-state index contributed by atoms with van der Waals surface area (Å²) >= 11 is 6.06. The van der Waals surface area contributed by atoms with Crippen molar-refractivity contribution in [2.75, 3.05) is 32.2 Å². The van der Waals surface area contributed by atoms with Gasteiger partial charge in [0.2, 0.25) is 5.91 Å². The molecule has 1 aliphatic rings. The Hall–Kier alpha value is -1.50. The standard InChI is InChI=1S/C12H15ClN2O4/c1-17-6-8(14)12(16)15-9-5-11-10(4-7(9)13)18-2-3-19-11/h4-5,8H,2-3,6,14H2,1H3,(H,15,16). The molecule has 1 aromatic carbocycles. The van der Waals surface area contributed by atoms with Crippen LogP contribution in [0.15, 0.2) is 12.1 Å². The van der Waals surface area contributed by atoms with Crippen LogP contribution in [0.3, 0.4) is 0 Å². The van der Waals surface area contributed by atoms with Gasteiger partial charge in [0.25, 0.3) is 0 Å². The molecule has 104 valence electrons. The van der Waals surface area contributed by atoms with Crippen molar-refractivity contribution in [2.45, 2.75) is 6.04 Å². The van der Waals surface area contributed by atoms with Crippen molar-refractivity contribution >= 4 is 23.2 Å². The highest BCUT2D eigenvalue weighted by Crippen LogP contribution is 2.37. The molecule has 19 heavy (non-hydrogen) atoms. The summed E-state index contributed by atoms with van der Waals surface area (Å²) in [6, 6.07) is 2.47. The first-order valence-corrected chi connectivity index (χ1v) is 6.14.